The minimum absolute atomic E-state index is 0.341. The molecule has 0 aromatic carbocycles. The van der Waals surface area contributed by atoms with Gasteiger partial charge in [0.05, 0.1) is 23.9 Å². The highest BCUT2D eigenvalue weighted by Gasteiger charge is 1.99. The van der Waals surface area contributed by atoms with Gasteiger partial charge in [0.25, 0.3) is 0 Å². The number of hydrogen-bond acceptors (Lipinski definition) is 3. The first kappa shape index (κ1) is 9.35. The summed E-state index contributed by atoms with van der Waals surface area (Å²) >= 11 is 0. The van der Waals surface area contributed by atoms with E-state index in [0.29, 0.717) is 6.42 Å². The van der Waals surface area contributed by atoms with Crippen molar-refractivity contribution < 1.29 is 0 Å². The molecule has 0 fully saturated rings. The Hall–Kier alpha value is -2.21. The van der Waals surface area contributed by atoms with Gasteiger partial charge in [-0.05, 0) is 24.3 Å². The van der Waals surface area contributed by atoms with Gasteiger partial charge in [0.1, 0.15) is 0 Å². The maximum absolute atomic E-state index is 8.58. The highest BCUT2D eigenvalue weighted by molar-refractivity contribution is 5.57. The van der Waals surface area contributed by atoms with Gasteiger partial charge in [-0.25, -0.2) is 0 Å². The number of rotatable bonds is 2. The van der Waals surface area contributed by atoms with Crippen LogP contribution < -0.4 is 0 Å². The maximum atomic E-state index is 8.58. The average Bonchev–Trinajstić information content (AvgIpc) is 2.31. The standard InChI is InChI=1S/C12H9N3/c13-7-6-11-4-1-5-12(15-11)10-3-2-8-14-9-10/h1-5,8-9H,6H2. The largest absolute Gasteiger partial charge is 0.264 e. The second kappa shape index (κ2) is 4.34. The van der Waals surface area contributed by atoms with E-state index in [2.05, 4.69) is 16.0 Å². The van der Waals surface area contributed by atoms with E-state index in [9.17, 15) is 0 Å². The van der Waals surface area contributed by atoms with E-state index in [-0.39, 0.29) is 0 Å². The number of pyridine rings is 2. The van der Waals surface area contributed by atoms with Crippen molar-refractivity contribution >= 4 is 0 Å². The Bertz CT molecular complexity index is 486. The summed E-state index contributed by atoms with van der Waals surface area (Å²) in [5, 5.41) is 8.58. The normalized spacial score (nSPS) is 9.53. The Morgan fingerprint density at radius 2 is 2.13 bits per heavy atom. The molecule has 2 aromatic rings. The van der Waals surface area contributed by atoms with E-state index < -0.39 is 0 Å². The smallest absolute Gasteiger partial charge is 0.0774 e. The molecule has 0 aliphatic heterocycles. The molecule has 0 saturated heterocycles. The van der Waals surface area contributed by atoms with Crippen molar-refractivity contribution in [2.75, 3.05) is 0 Å². The van der Waals surface area contributed by atoms with Crippen molar-refractivity contribution in [3.05, 3.63) is 48.4 Å². The van der Waals surface area contributed by atoms with Crippen LogP contribution in [0.1, 0.15) is 5.69 Å². The first-order chi connectivity index (χ1) is 7.40. The summed E-state index contributed by atoms with van der Waals surface area (Å²) in [5.41, 5.74) is 2.62. The summed E-state index contributed by atoms with van der Waals surface area (Å²) < 4.78 is 0. The number of nitriles is 1. The molecular weight excluding hydrogens is 186 g/mol. The first-order valence-electron chi connectivity index (χ1n) is 4.63. The molecule has 0 atom stereocenters. The van der Waals surface area contributed by atoms with E-state index in [1.165, 1.54) is 0 Å². The molecule has 2 rings (SSSR count). The lowest BCUT2D eigenvalue weighted by Gasteiger charge is -2.01. The van der Waals surface area contributed by atoms with Gasteiger partial charge in [-0.1, -0.05) is 6.07 Å². The summed E-state index contributed by atoms with van der Waals surface area (Å²) in [4.78, 5) is 8.40. The van der Waals surface area contributed by atoms with Crippen LogP contribution in [-0.4, -0.2) is 9.97 Å². The van der Waals surface area contributed by atoms with E-state index in [1.807, 2.05) is 30.3 Å². The maximum Gasteiger partial charge on any atom is 0.0774 e. The third-order valence-electron chi connectivity index (χ3n) is 2.02. The molecule has 3 nitrogen and oxygen atoms in total. The summed E-state index contributed by atoms with van der Waals surface area (Å²) in [5.74, 6) is 0. The molecule has 0 saturated carbocycles. The predicted octanol–water partition coefficient (Wildman–Crippen LogP) is 2.21. The van der Waals surface area contributed by atoms with Crippen LogP contribution in [0.4, 0.5) is 0 Å². The molecule has 0 aliphatic rings. The van der Waals surface area contributed by atoms with Crippen molar-refractivity contribution in [3.8, 4) is 17.3 Å². The van der Waals surface area contributed by atoms with Crippen LogP contribution in [0, 0.1) is 11.3 Å². The van der Waals surface area contributed by atoms with Gasteiger partial charge in [-0.15, -0.1) is 0 Å². The van der Waals surface area contributed by atoms with Gasteiger partial charge >= 0.3 is 0 Å². The van der Waals surface area contributed by atoms with Crippen molar-refractivity contribution in [2.45, 2.75) is 6.42 Å². The lowest BCUT2D eigenvalue weighted by atomic mass is 10.1. The van der Waals surface area contributed by atoms with Gasteiger partial charge in [-0.2, -0.15) is 5.26 Å². The highest BCUT2D eigenvalue weighted by atomic mass is 14.7. The van der Waals surface area contributed by atoms with E-state index in [0.717, 1.165) is 17.0 Å². The van der Waals surface area contributed by atoms with Crippen LogP contribution in [0.15, 0.2) is 42.7 Å². The lowest BCUT2D eigenvalue weighted by Crippen LogP contribution is -1.90. The number of nitrogens with zero attached hydrogens (tertiary/aromatic N) is 3. The summed E-state index contributed by atoms with van der Waals surface area (Å²) in [7, 11) is 0. The topological polar surface area (TPSA) is 49.6 Å². The molecule has 0 spiro atoms. The van der Waals surface area contributed by atoms with Gasteiger partial charge in [0.15, 0.2) is 0 Å². The molecule has 0 unspecified atom stereocenters. The molecule has 0 N–H and O–H groups in total. The van der Waals surface area contributed by atoms with Gasteiger partial charge < -0.3 is 0 Å². The molecule has 2 heterocycles. The monoisotopic (exact) mass is 195 g/mol. The Kier molecular flexibility index (Phi) is 2.70. The fraction of sp³-hybridized carbons (Fsp3) is 0.0833. The molecule has 2 aromatic heterocycles. The molecular formula is C12H9N3. The van der Waals surface area contributed by atoms with Crippen LogP contribution in [-0.2, 0) is 6.42 Å². The van der Waals surface area contributed by atoms with E-state index in [4.69, 9.17) is 5.26 Å². The third kappa shape index (κ3) is 2.18. The molecule has 0 amide bonds. The van der Waals surface area contributed by atoms with Crippen LogP contribution in [0.3, 0.4) is 0 Å². The zero-order chi connectivity index (χ0) is 10.5. The SMILES string of the molecule is N#CCc1cccc(-c2cccnc2)n1. The number of hydrogen-bond donors (Lipinski definition) is 0. The van der Waals surface area contributed by atoms with Crippen LogP contribution in [0.25, 0.3) is 11.3 Å². The van der Waals surface area contributed by atoms with Crippen molar-refractivity contribution in [1.29, 1.82) is 5.26 Å². The first-order valence-corrected chi connectivity index (χ1v) is 4.63. The summed E-state index contributed by atoms with van der Waals surface area (Å²) in [6.45, 7) is 0. The summed E-state index contributed by atoms with van der Waals surface area (Å²) in [6, 6.07) is 11.6. The molecule has 0 aliphatic carbocycles. The molecule has 15 heavy (non-hydrogen) atoms. The number of aromatic nitrogens is 2. The Morgan fingerprint density at radius 1 is 1.20 bits per heavy atom. The van der Waals surface area contributed by atoms with Gasteiger partial charge in [0.2, 0.25) is 0 Å². The Labute approximate surface area is 88.1 Å². The van der Waals surface area contributed by atoms with Crippen molar-refractivity contribution in [3.63, 3.8) is 0 Å². The third-order valence-corrected chi connectivity index (χ3v) is 2.02. The Balaban J connectivity index is 2.38. The highest BCUT2D eigenvalue weighted by Crippen LogP contribution is 2.15. The minimum atomic E-state index is 0.341. The van der Waals surface area contributed by atoms with Crippen molar-refractivity contribution in [2.24, 2.45) is 0 Å². The predicted molar refractivity (Wildman–Crippen MR) is 56.8 cm³/mol. The van der Waals surface area contributed by atoms with Crippen molar-refractivity contribution in [1.82, 2.24) is 9.97 Å². The summed E-state index contributed by atoms with van der Waals surface area (Å²) in [6.07, 6.45) is 3.83. The second-order valence-electron chi connectivity index (χ2n) is 3.09. The van der Waals surface area contributed by atoms with Crippen LogP contribution in [0.2, 0.25) is 0 Å². The average molecular weight is 195 g/mol. The second-order valence-corrected chi connectivity index (χ2v) is 3.09. The zero-order valence-corrected chi connectivity index (χ0v) is 8.09. The van der Waals surface area contributed by atoms with Crippen LogP contribution in [0.5, 0.6) is 0 Å². The molecule has 72 valence electrons. The van der Waals surface area contributed by atoms with E-state index >= 15 is 0 Å². The van der Waals surface area contributed by atoms with Crippen LogP contribution >= 0.6 is 0 Å². The Morgan fingerprint density at radius 3 is 2.87 bits per heavy atom. The molecule has 0 radical (unpaired) electrons. The fourth-order valence-corrected chi connectivity index (χ4v) is 1.33. The van der Waals surface area contributed by atoms with Gasteiger partial charge in [0, 0.05) is 18.0 Å². The van der Waals surface area contributed by atoms with Gasteiger partial charge in [-0.3, -0.25) is 9.97 Å². The lowest BCUT2D eigenvalue weighted by molar-refractivity contribution is 1.12. The van der Waals surface area contributed by atoms with E-state index in [1.54, 1.807) is 12.4 Å². The molecule has 3 heteroatoms. The zero-order valence-electron chi connectivity index (χ0n) is 8.09. The fourth-order valence-electron chi connectivity index (χ4n) is 1.33. The molecule has 0 bridgehead atoms. The minimum Gasteiger partial charge on any atom is -0.264 e. The quantitative estimate of drug-likeness (QED) is 0.738.